The summed E-state index contributed by atoms with van der Waals surface area (Å²) in [6.45, 7) is 0. The van der Waals surface area contributed by atoms with Gasteiger partial charge in [-0.1, -0.05) is 36.4 Å². The Labute approximate surface area is 152 Å². The SMILES string of the molecule is CN(C)C(=O)c1ccc(Nc2c3ccccc3nc3ccccc23)cc1. The van der Waals surface area contributed by atoms with Gasteiger partial charge < -0.3 is 10.2 Å². The van der Waals surface area contributed by atoms with Crippen LogP contribution in [0.2, 0.25) is 0 Å². The number of pyridine rings is 1. The monoisotopic (exact) mass is 341 g/mol. The molecule has 3 aromatic carbocycles. The molecule has 0 bridgehead atoms. The summed E-state index contributed by atoms with van der Waals surface area (Å²) in [6, 6.07) is 23.8. The summed E-state index contributed by atoms with van der Waals surface area (Å²) in [6.07, 6.45) is 0. The highest BCUT2D eigenvalue weighted by Crippen LogP contribution is 2.32. The van der Waals surface area contributed by atoms with Gasteiger partial charge in [0.15, 0.2) is 0 Å². The van der Waals surface area contributed by atoms with Crippen LogP contribution in [0.5, 0.6) is 0 Å². The molecule has 0 fully saturated rings. The molecule has 4 nitrogen and oxygen atoms in total. The molecule has 1 aromatic heterocycles. The molecule has 0 saturated carbocycles. The first-order chi connectivity index (χ1) is 12.6. The molecule has 4 aromatic rings. The molecule has 0 radical (unpaired) electrons. The predicted molar refractivity (Wildman–Crippen MR) is 107 cm³/mol. The smallest absolute Gasteiger partial charge is 0.253 e. The summed E-state index contributed by atoms with van der Waals surface area (Å²) in [7, 11) is 3.51. The summed E-state index contributed by atoms with van der Waals surface area (Å²) in [5.41, 5.74) is 4.53. The maximum atomic E-state index is 12.1. The van der Waals surface area contributed by atoms with Crippen molar-refractivity contribution < 1.29 is 4.79 Å². The third-order valence-corrected chi connectivity index (χ3v) is 4.40. The molecule has 1 heterocycles. The van der Waals surface area contributed by atoms with Gasteiger partial charge in [-0.25, -0.2) is 4.98 Å². The van der Waals surface area contributed by atoms with Crippen molar-refractivity contribution in [1.82, 2.24) is 9.88 Å². The average Bonchev–Trinajstić information content (AvgIpc) is 2.67. The number of hydrogen-bond acceptors (Lipinski definition) is 3. The maximum Gasteiger partial charge on any atom is 0.253 e. The van der Waals surface area contributed by atoms with E-state index in [2.05, 4.69) is 17.4 Å². The average molecular weight is 341 g/mol. The van der Waals surface area contributed by atoms with E-state index in [1.807, 2.05) is 60.7 Å². The largest absolute Gasteiger partial charge is 0.354 e. The molecule has 1 N–H and O–H groups in total. The first kappa shape index (κ1) is 16.1. The van der Waals surface area contributed by atoms with Crippen molar-refractivity contribution in [1.29, 1.82) is 0 Å². The standard InChI is InChI=1S/C22H19N3O/c1-25(2)22(26)15-11-13-16(14-12-15)23-21-17-7-3-5-9-19(17)24-20-10-6-4-8-18(20)21/h3-14H,1-2H3,(H,23,24). The number of carbonyl (C=O) groups is 1. The van der Waals surface area contributed by atoms with Crippen molar-refractivity contribution in [2.75, 3.05) is 19.4 Å². The van der Waals surface area contributed by atoms with Crippen molar-refractivity contribution in [3.05, 3.63) is 78.4 Å². The number of para-hydroxylation sites is 2. The van der Waals surface area contributed by atoms with Crippen LogP contribution in [0.1, 0.15) is 10.4 Å². The summed E-state index contributed by atoms with van der Waals surface area (Å²) in [5.74, 6) is -0.00337. The van der Waals surface area contributed by atoms with E-state index in [4.69, 9.17) is 4.98 Å². The van der Waals surface area contributed by atoms with Gasteiger partial charge in [0.2, 0.25) is 0 Å². The number of benzene rings is 3. The molecule has 4 rings (SSSR count). The van der Waals surface area contributed by atoms with Crippen LogP contribution in [0.15, 0.2) is 72.8 Å². The molecule has 0 saturated heterocycles. The molecular formula is C22H19N3O. The molecule has 0 unspecified atom stereocenters. The van der Waals surface area contributed by atoms with E-state index in [1.165, 1.54) is 0 Å². The molecule has 0 aliphatic heterocycles. The number of rotatable bonds is 3. The van der Waals surface area contributed by atoms with Crippen LogP contribution in [0, 0.1) is 0 Å². The van der Waals surface area contributed by atoms with Gasteiger partial charge in [0.05, 0.1) is 16.7 Å². The number of anilines is 2. The van der Waals surface area contributed by atoms with Crippen LogP contribution in [0.25, 0.3) is 21.8 Å². The highest BCUT2D eigenvalue weighted by atomic mass is 16.2. The fourth-order valence-electron chi connectivity index (χ4n) is 3.07. The van der Waals surface area contributed by atoms with Crippen LogP contribution in [-0.2, 0) is 0 Å². The number of amides is 1. The summed E-state index contributed by atoms with van der Waals surface area (Å²) in [5, 5.41) is 5.66. The molecule has 0 atom stereocenters. The van der Waals surface area contributed by atoms with Gasteiger partial charge in [-0.15, -0.1) is 0 Å². The molecular weight excluding hydrogens is 322 g/mol. The minimum atomic E-state index is -0.00337. The summed E-state index contributed by atoms with van der Waals surface area (Å²) >= 11 is 0. The quantitative estimate of drug-likeness (QED) is 0.543. The summed E-state index contributed by atoms with van der Waals surface area (Å²) in [4.78, 5) is 18.4. The topological polar surface area (TPSA) is 45.2 Å². The van der Waals surface area contributed by atoms with Crippen molar-refractivity contribution in [2.45, 2.75) is 0 Å². The fourth-order valence-corrected chi connectivity index (χ4v) is 3.07. The zero-order valence-electron chi connectivity index (χ0n) is 14.7. The number of nitrogens with zero attached hydrogens (tertiary/aromatic N) is 2. The van der Waals surface area contributed by atoms with E-state index in [-0.39, 0.29) is 5.91 Å². The molecule has 128 valence electrons. The minimum absolute atomic E-state index is 0.00337. The normalized spacial score (nSPS) is 10.8. The van der Waals surface area contributed by atoms with E-state index in [9.17, 15) is 4.79 Å². The lowest BCUT2D eigenvalue weighted by atomic mass is 10.1. The van der Waals surface area contributed by atoms with Crippen LogP contribution in [0.4, 0.5) is 11.4 Å². The Hall–Kier alpha value is -3.40. The minimum Gasteiger partial charge on any atom is -0.354 e. The Morgan fingerprint density at radius 2 is 1.35 bits per heavy atom. The fraction of sp³-hybridized carbons (Fsp3) is 0.0909. The number of fused-ring (bicyclic) bond motifs is 2. The highest BCUT2D eigenvalue weighted by molar-refractivity contribution is 6.08. The first-order valence-corrected chi connectivity index (χ1v) is 8.50. The lowest BCUT2D eigenvalue weighted by molar-refractivity contribution is 0.0827. The Bertz CT molecular complexity index is 1050. The van der Waals surface area contributed by atoms with E-state index in [1.54, 1.807) is 19.0 Å². The second-order valence-corrected chi connectivity index (χ2v) is 6.42. The van der Waals surface area contributed by atoms with Gasteiger partial charge in [-0.2, -0.15) is 0 Å². The lowest BCUT2D eigenvalue weighted by Gasteiger charge is -2.14. The first-order valence-electron chi connectivity index (χ1n) is 8.50. The number of nitrogens with one attached hydrogen (secondary N) is 1. The highest BCUT2D eigenvalue weighted by Gasteiger charge is 2.10. The van der Waals surface area contributed by atoms with E-state index in [0.717, 1.165) is 33.2 Å². The lowest BCUT2D eigenvalue weighted by Crippen LogP contribution is -2.21. The molecule has 0 spiro atoms. The third kappa shape index (κ3) is 2.86. The third-order valence-electron chi connectivity index (χ3n) is 4.40. The second-order valence-electron chi connectivity index (χ2n) is 6.42. The predicted octanol–water partition coefficient (Wildman–Crippen LogP) is 4.83. The molecule has 0 aliphatic carbocycles. The van der Waals surface area contributed by atoms with Crippen molar-refractivity contribution in [3.63, 3.8) is 0 Å². The van der Waals surface area contributed by atoms with Gasteiger partial charge in [-0.05, 0) is 36.4 Å². The molecule has 26 heavy (non-hydrogen) atoms. The van der Waals surface area contributed by atoms with E-state index < -0.39 is 0 Å². The van der Waals surface area contributed by atoms with E-state index >= 15 is 0 Å². The van der Waals surface area contributed by atoms with Crippen LogP contribution in [0.3, 0.4) is 0 Å². The van der Waals surface area contributed by atoms with Crippen LogP contribution in [-0.4, -0.2) is 29.9 Å². The maximum absolute atomic E-state index is 12.1. The van der Waals surface area contributed by atoms with Crippen molar-refractivity contribution >= 4 is 39.1 Å². The Kier molecular flexibility index (Phi) is 4.01. The molecule has 4 heteroatoms. The van der Waals surface area contributed by atoms with E-state index in [0.29, 0.717) is 5.56 Å². The van der Waals surface area contributed by atoms with Crippen LogP contribution >= 0.6 is 0 Å². The van der Waals surface area contributed by atoms with Gasteiger partial charge in [0.25, 0.3) is 5.91 Å². The number of aromatic nitrogens is 1. The zero-order valence-corrected chi connectivity index (χ0v) is 14.7. The Morgan fingerprint density at radius 3 is 1.88 bits per heavy atom. The Morgan fingerprint density at radius 1 is 0.808 bits per heavy atom. The number of hydrogen-bond donors (Lipinski definition) is 1. The van der Waals surface area contributed by atoms with Gasteiger partial charge in [0, 0.05) is 36.1 Å². The van der Waals surface area contributed by atoms with Crippen molar-refractivity contribution in [3.8, 4) is 0 Å². The van der Waals surface area contributed by atoms with Gasteiger partial charge in [0.1, 0.15) is 0 Å². The van der Waals surface area contributed by atoms with Gasteiger partial charge >= 0.3 is 0 Å². The summed E-state index contributed by atoms with van der Waals surface area (Å²) < 4.78 is 0. The number of carbonyl (C=O) groups excluding carboxylic acids is 1. The molecule has 0 aliphatic rings. The molecule has 1 amide bonds. The second kappa shape index (κ2) is 6.48. The van der Waals surface area contributed by atoms with Gasteiger partial charge in [-0.3, -0.25) is 4.79 Å². The zero-order chi connectivity index (χ0) is 18.1. The van der Waals surface area contributed by atoms with Crippen LogP contribution < -0.4 is 5.32 Å². The van der Waals surface area contributed by atoms with Crippen molar-refractivity contribution in [2.24, 2.45) is 0 Å². The Balaban J connectivity index is 1.80.